The predicted octanol–water partition coefficient (Wildman–Crippen LogP) is 10.4. The van der Waals surface area contributed by atoms with E-state index in [2.05, 4.69) is 79.0 Å². The molecule has 0 aliphatic rings. The first-order valence-electron chi connectivity index (χ1n) is 14.1. The van der Waals surface area contributed by atoms with Crippen molar-refractivity contribution >= 4 is 11.8 Å². The van der Waals surface area contributed by atoms with E-state index in [-0.39, 0.29) is 22.3 Å². The van der Waals surface area contributed by atoms with Crippen molar-refractivity contribution in [2.45, 2.75) is 126 Å². The van der Waals surface area contributed by atoms with Gasteiger partial charge in [0, 0.05) is 0 Å². The number of aromatic hydroxyl groups is 2. The van der Waals surface area contributed by atoms with Crippen molar-refractivity contribution in [3.8, 4) is 11.5 Å². The molecule has 204 valence electrons. The summed E-state index contributed by atoms with van der Waals surface area (Å²) in [6.07, 6.45) is 14.3. The zero-order chi connectivity index (χ0) is 27.6. The number of benzene rings is 2. The summed E-state index contributed by atoms with van der Waals surface area (Å²) in [5.74, 6) is 0.575. The second-order valence-electron chi connectivity index (χ2n) is 11.7. The highest BCUT2D eigenvalue weighted by Crippen LogP contribution is 2.46. The molecule has 0 spiro atoms. The molecule has 0 fully saturated rings. The van der Waals surface area contributed by atoms with Gasteiger partial charge in [0.1, 0.15) is 11.5 Å². The summed E-state index contributed by atoms with van der Waals surface area (Å²) in [6, 6.07) is 8.54. The third-order valence-corrected chi connectivity index (χ3v) is 8.69. The molecule has 0 aliphatic heterocycles. The van der Waals surface area contributed by atoms with Gasteiger partial charge in [-0.1, -0.05) is 116 Å². The maximum absolute atomic E-state index is 11.3. The Balaban J connectivity index is 2.58. The largest absolute Gasteiger partial charge is 0.506 e. The molecule has 0 bridgehead atoms. The molecule has 3 heteroatoms. The molecule has 0 saturated carbocycles. The third kappa shape index (κ3) is 8.43. The smallest absolute Gasteiger partial charge is 0.133 e. The van der Waals surface area contributed by atoms with E-state index < -0.39 is 0 Å². The number of unbranched alkanes of at least 4 members (excludes halogenated alkanes) is 4. The van der Waals surface area contributed by atoms with E-state index in [0.29, 0.717) is 12.8 Å². The number of phenols is 2. The van der Waals surface area contributed by atoms with Gasteiger partial charge in [-0.25, -0.2) is 0 Å². The first-order chi connectivity index (χ1) is 17.5. The first kappa shape index (κ1) is 31.1. The van der Waals surface area contributed by atoms with Gasteiger partial charge in [0.05, 0.1) is 9.79 Å². The Kier molecular flexibility index (Phi) is 11.9. The second-order valence-corrected chi connectivity index (χ2v) is 12.8. The average molecular weight is 523 g/mol. The lowest BCUT2D eigenvalue weighted by Crippen LogP contribution is -2.18. The van der Waals surface area contributed by atoms with Crippen molar-refractivity contribution in [1.82, 2.24) is 0 Å². The maximum atomic E-state index is 11.3. The monoisotopic (exact) mass is 522 g/mol. The van der Waals surface area contributed by atoms with Crippen LogP contribution in [0.2, 0.25) is 0 Å². The van der Waals surface area contributed by atoms with Crippen molar-refractivity contribution in [2.24, 2.45) is 0 Å². The molecule has 0 saturated heterocycles. The van der Waals surface area contributed by atoms with Gasteiger partial charge >= 0.3 is 0 Å². The van der Waals surface area contributed by atoms with Crippen molar-refractivity contribution in [3.63, 3.8) is 0 Å². The van der Waals surface area contributed by atoms with Gasteiger partial charge < -0.3 is 10.2 Å². The Morgan fingerprint density at radius 1 is 0.676 bits per heavy atom. The SMILES string of the molecule is C=CCc1cc(C(C)(C)CCCCC)cc(Sc2cc(C(C)(C)CCCCC)cc(CC=C)c2O)c1O. The normalized spacial score (nSPS) is 12.1. The van der Waals surface area contributed by atoms with Crippen LogP contribution in [0.5, 0.6) is 11.5 Å². The zero-order valence-electron chi connectivity index (χ0n) is 24.3. The van der Waals surface area contributed by atoms with Crippen LogP contribution in [-0.2, 0) is 23.7 Å². The van der Waals surface area contributed by atoms with Gasteiger partial charge in [-0.15, -0.1) is 13.2 Å². The number of hydrogen-bond donors (Lipinski definition) is 2. The van der Waals surface area contributed by atoms with Crippen LogP contribution >= 0.6 is 11.8 Å². The van der Waals surface area contributed by atoms with Gasteiger partial charge in [0.25, 0.3) is 0 Å². The summed E-state index contributed by atoms with van der Waals surface area (Å²) in [5, 5.41) is 22.5. The van der Waals surface area contributed by atoms with Crippen LogP contribution in [0, 0.1) is 0 Å². The molecule has 0 atom stereocenters. The fourth-order valence-electron chi connectivity index (χ4n) is 4.93. The predicted molar refractivity (Wildman–Crippen MR) is 162 cm³/mol. The summed E-state index contributed by atoms with van der Waals surface area (Å²) in [4.78, 5) is 1.58. The molecule has 0 aromatic heterocycles. The van der Waals surface area contributed by atoms with Crippen LogP contribution in [0.4, 0.5) is 0 Å². The molecule has 0 unspecified atom stereocenters. The molecule has 2 rings (SSSR count). The van der Waals surface area contributed by atoms with Gasteiger partial charge in [0.2, 0.25) is 0 Å². The Hall–Kier alpha value is -2.13. The molecule has 2 N–H and O–H groups in total. The molecule has 0 heterocycles. The van der Waals surface area contributed by atoms with Crippen LogP contribution in [0.25, 0.3) is 0 Å². The second kappa shape index (κ2) is 14.1. The summed E-state index contributed by atoms with van der Waals surface area (Å²) in [5.41, 5.74) is 4.21. The van der Waals surface area contributed by atoms with Crippen LogP contribution in [0.1, 0.15) is 115 Å². The van der Waals surface area contributed by atoms with E-state index in [1.807, 2.05) is 12.2 Å². The Morgan fingerprint density at radius 2 is 1.05 bits per heavy atom. The highest BCUT2D eigenvalue weighted by molar-refractivity contribution is 7.99. The summed E-state index contributed by atoms with van der Waals surface area (Å²) < 4.78 is 0. The van der Waals surface area contributed by atoms with E-state index in [9.17, 15) is 10.2 Å². The number of rotatable bonds is 16. The van der Waals surface area contributed by atoms with Crippen LogP contribution in [0.15, 0.2) is 59.4 Å². The topological polar surface area (TPSA) is 40.5 Å². The van der Waals surface area contributed by atoms with Gasteiger partial charge in [-0.2, -0.15) is 0 Å². The van der Waals surface area contributed by atoms with Crippen molar-refractivity contribution in [3.05, 3.63) is 71.8 Å². The zero-order valence-corrected chi connectivity index (χ0v) is 25.1. The summed E-state index contributed by atoms with van der Waals surface area (Å²) in [6.45, 7) is 21.5. The fourth-order valence-corrected chi connectivity index (χ4v) is 6.00. The maximum Gasteiger partial charge on any atom is 0.133 e. The van der Waals surface area contributed by atoms with Gasteiger partial charge in [0.15, 0.2) is 0 Å². The first-order valence-corrected chi connectivity index (χ1v) is 14.9. The standard InChI is InChI=1S/C34H50O2S/c1-9-13-15-19-33(5,6)27-21-25(17-11-3)31(35)29(23-27)37-30-24-28(22-26(18-12-4)32(30)36)34(7,8)20-16-14-10-2/h11-12,21-24,35-36H,3-4,9-10,13-20H2,1-2,5-8H3. The number of phenolic OH excluding ortho intramolecular Hbond substituents is 2. The van der Waals surface area contributed by atoms with Crippen molar-refractivity contribution in [2.75, 3.05) is 0 Å². The molecule has 2 nitrogen and oxygen atoms in total. The van der Waals surface area contributed by atoms with E-state index in [1.54, 1.807) is 0 Å². The van der Waals surface area contributed by atoms with E-state index in [0.717, 1.165) is 33.8 Å². The minimum atomic E-state index is -0.00668. The molecule has 37 heavy (non-hydrogen) atoms. The molecular formula is C34H50O2S. The highest BCUT2D eigenvalue weighted by Gasteiger charge is 2.26. The molecule has 0 amide bonds. The number of hydrogen-bond acceptors (Lipinski definition) is 3. The van der Waals surface area contributed by atoms with E-state index in [1.165, 1.54) is 61.4 Å². The Bertz CT molecular complexity index is 965. The summed E-state index contributed by atoms with van der Waals surface area (Å²) >= 11 is 1.47. The lowest BCUT2D eigenvalue weighted by atomic mass is 9.79. The van der Waals surface area contributed by atoms with Crippen LogP contribution in [0.3, 0.4) is 0 Å². The number of allylic oxidation sites excluding steroid dienone is 2. The highest BCUT2D eigenvalue weighted by atomic mass is 32.2. The lowest BCUT2D eigenvalue weighted by Gasteiger charge is -2.28. The minimum Gasteiger partial charge on any atom is -0.506 e. The molecule has 0 aliphatic carbocycles. The third-order valence-electron chi connectivity index (χ3n) is 7.63. The minimum absolute atomic E-state index is 0.00668. The van der Waals surface area contributed by atoms with E-state index >= 15 is 0 Å². The van der Waals surface area contributed by atoms with Crippen LogP contribution in [-0.4, -0.2) is 10.2 Å². The van der Waals surface area contributed by atoms with E-state index in [4.69, 9.17) is 0 Å². The lowest BCUT2D eigenvalue weighted by molar-refractivity contribution is 0.437. The Labute approximate surface area is 231 Å². The Morgan fingerprint density at radius 3 is 1.38 bits per heavy atom. The van der Waals surface area contributed by atoms with Crippen LogP contribution < -0.4 is 0 Å². The molecular weight excluding hydrogens is 472 g/mol. The molecule has 0 radical (unpaired) electrons. The molecule has 2 aromatic rings. The average Bonchev–Trinajstić information content (AvgIpc) is 2.84. The molecule has 2 aromatic carbocycles. The fraction of sp³-hybridized carbons (Fsp3) is 0.529. The van der Waals surface area contributed by atoms with Gasteiger partial charge in [-0.3, -0.25) is 0 Å². The van der Waals surface area contributed by atoms with Gasteiger partial charge in [-0.05, 0) is 70.9 Å². The quantitative estimate of drug-likeness (QED) is 0.170. The van der Waals surface area contributed by atoms with Crippen molar-refractivity contribution < 1.29 is 10.2 Å². The van der Waals surface area contributed by atoms with Crippen molar-refractivity contribution in [1.29, 1.82) is 0 Å². The summed E-state index contributed by atoms with van der Waals surface area (Å²) in [7, 11) is 0.